The fraction of sp³-hybridized carbons (Fsp3) is 0.500. The first kappa shape index (κ1) is 16.2. The van der Waals surface area contributed by atoms with Crippen molar-refractivity contribution in [2.75, 3.05) is 18.0 Å². The van der Waals surface area contributed by atoms with Gasteiger partial charge in [0.15, 0.2) is 0 Å². The Balaban J connectivity index is 3.33. The van der Waals surface area contributed by atoms with E-state index in [1.807, 2.05) is 26.8 Å². The predicted octanol–water partition coefficient (Wildman–Crippen LogP) is 3.48. The van der Waals surface area contributed by atoms with Crippen molar-refractivity contribution in [2.45, 2.75) is 39.5 Å². The molecule has 0 aliphatic rings. The standard InChI is InChI=1S/C16H24N2O2/c1-6-8-18(9-7-2)14-11-12(15(19)20)10-13(17-14)16(3,4)5/h6,10-11H,1,7-9H2,2-5H3,(H,19,20). The Morgan fingerprint density at radius 2 is 2.10 bits per heavy atom. The molecule has 0 unspecified atom stereocenters. The largest absolute Gasteiger partial charge is 0.478 e. The van der Waals surface area contributed by atoms with Crippen LogP contribution in [0.4, 0.5) is 5.82 Å². The van der Waals surface area contributed by atoms with E-state index in [2.05, 4.69) is 23.4 Å². The van der Waals surface area contributed by atoms with E-state index in [1.54, 1.807) is 12.1 Å². The molecule has 0 bridgehead atoms. The molecule has 1 heterocycles. The predicted molar refractivity (Wildman–Crippen MR) is 82.6 cm³/mol. The highest BCUT2D eigenvalue weighted by molar-refractivity contribution is 5.88. The number of nitrogens with zero attached hydrogens (tertiary/aromatic N) is 2. The number of carbonyl (C=O) groups is 1. The summed E-state index contributed by atoms with van der Waals surface area (Å²) < 4.78 is 0. The van der Waals surface area contributed by atoms with Crippen molar-refractivity contribution in [3.8, 4) is 0 Å². The summed E-state index contributed by atoms with van der Waals surface area (Å²) in [6.45, 7) is 13.4. The van der Waals surface area contributed by atoms with Gasteiger partial charge >= 0.3 is 5.97 Å². The van der Waals surface area contributed by atoms with Crippen molar-refractivity contribution in [2.24, 2.45) is 0 Å². The molecule has 0 spiro atoms. The van der Waals surface area contributed by atoms with Crippen LogP contribution in [0, 0.1) is 0 Å². The lowest BCUT2D eigenvalue weighted by molar-refractivity contribution is 0.0696. The molecule has 1 aromatic heterocycles. The minimum absolute atomic E-state index is 0.188. The maximum absolute atomic E-state index is 11.3. The molecule has 1 rings (SSSR count). The molecule has 0 saturated carbocycles. The summed E-state index contributed by atoms with van der Waals surface area (Å²) in [6, 6.07) is 3.29. The van der Waals surface area contributed by atoms with Gasteiger partial charge in [-0.1, -0.05) is 33.8 Å². The van der Waals surface area contributed by atoms with Crippen LogP contribution in [0.5, 0.6) is 0 Å². The quantitative estimate of drug-likeness (QED) is 0.808. The highest BCUT2D eigenvalue weighted by Crippen LogP contribution is 2.25. The smallest absolute Gasteiger partial charge is 0.335 e. The van der Waals surface area contributed by atoms with Gasteiger partial charge in [-0.3, -0.25) is 0 Å². The minimum atomic E-state index is -0.922. The van der Waals surface area contributed by atoms with E-state index in [0.717, 1.165) is 18.7 Å². The molecule has 0 aromatic carbocycles. The molecule has 0 aliphatic heterocycles. The van der Waals surface area contributed by atoms with Crippen LogP contribution in [0.1, 0.15) is 50.2 Å². The van der Waals surface area contributed by atoms with Crippen molar-refractivity contribution in [3.63, 3.8) is 0 Å². The second-order valence-electron chi connectivity index (χ2n) is 5.89. The number of pyridine rings is 1. The number of anilines is 1. The summed E-state index contributed by atoms with van der Waals surface area (Å²) in [7, 11) is 0. The van der Waals surface area contributed by atoms with Crippen molar-refractivity contribution < 1.29 is 9.90 Å². The van der Waals surface area contributed by atoms with E-state index in [-0.39, 0.29) is 11.0 Å². The summed E-state index contributed by atoms with van der Waals surface area (Å²) >= 11 is 0. The number of hydrogen-bond donors (Lipinski definition) is 1. The lowest BCUT2D eigenvalue weighted by Gasteiger charge is -2.25. The van der Waals surface area contributed by atoms with Gasteiger partial charge in [-0.2, -0.15) is 0 Å². The number of carboxylic acids is 1. The van der Waals surface area contributed by atoms with Gasteiger partial charge in [-0.15, -0.1) is 6.58 Å². The molecule has 4 nitrogen and oxygen atoms in total. The van der Waals surface area contributed by atoms with Crippen LogP contribution in [0.15, 0.2) is 24.8 Å². The highest BCUT2D eigenvalue weighted by Gasteiger charge is 2.20. The first-order valence-electron chi connectivity index (χ1n) is 6.91. The van der Waals surface area contributed by atoms with E-state index in [0.29, 0.717) is 12.4 Å². The van der Waals surface area contributed by atoms with Crippen molar-refractivity contribution in [1.29, 1.82) is 0 Å². The monoisotopic (exact) mass is 276 g/mol. The van der Waals surface area contributed by atoms with E-state index in [9.17, 15) is 9.90 Å². The second-order valence-corrected chi connectivity index (χ2v) is 5.89. The van der Waals surface area contributed by atoms with Crippen LogP contribution >= 0.6 is 0 Å². The molecule has 4 heteroatoms. The molecule has 0 fully saturated rings. The van der Waals surface area contributed by atoms with Crippen LogP contribution in [-0.2, 0) is 5.41 Å². The topological polar surface area (TPSA) is 53.4 Å². The zero-order chi connectivity index (χ0) is 15.3. The van der Waals surface area contributed by atoms with Crippen molar-refractivity contribution in [3.05, 3.63) is 36.0 Å². The molecule has 0 aliphatic carbocycles. The third-order valence-electron chi connectivity index (χ3n) is 2.99. The van der Waals surface area contributed by atoms with Crippen molar-refractivity contribution >= 4 is 11.8 Å². The minimum Gasteiger partial charge on any atom is -0.478 e. The number of rotatable bonds is 6. The Kier molecular flexibility index (Phi) is 5.31. The third-order valence-corrected chi connectivity index (χ3v) is 2.99. The van der Waals surface area contributed by atoms with Gasteiger partial charge in [0.1, 0.15) is 5.82 Å². The van der Waals surface area contributed by atoms with Crippen LogP contribution in [0.2, 0.25) is 0 Å². The Morgan fingerprint density at radius 3 is 2.55 bits per heavy atom. The normalized spacial score (nSPS) is 11.2. The molecule has 20 heavy (non-hydrogen) atoms. The highest BCUT2D eigenvalue weighted by atomic mass is 16.4. The first-order valence-corrected chi connectivity index (χ1v) is 6.91. The lowest BCUT2D eigenvalue weighted by atomic mass is 9.90. The third kappa shape index (κ3) is 4.08. The fourth-order valence-corrected chi connectivity index (χ4v) is 1.91. The van der Waals surface area contributed by atoms with Crippen LogP contribution in [0.3, 0.4) is 0 Å². The molecule has 1 aromatic rings. The SMILES string of the molecule is C=CCN(CCC)c1cc(C(=O)O)cc(C(C)(C)C)n1. The summed E-state index contributed by atoms with van der Waals surface area (Å²) in [4.78, 5) is 18.0. The lowest BCUT2D eigenvalue weighted by Crippen LogP contribution is -2.27. The Labute approximate surface area is 121 Å². The van der Waals surface area contributed by atoms with Crippen LogP contribution in [-0.4, -0.2) is 29.1 Å². The van der Waals surface area contributed by atoms with E-state index in [1.165, 1.54) is 0 Å². The van der Waals surface area contributed by atoms with Crippen molar-refractivity contribution in [1.82, 2.24) is 4.98 Å². The second kappa shape index (κ2) is 6.55. The molecule has 110 valence electrons. The van der Waals surface area contributed by atoms with E-state index >= 15 is 0 Å². The average Bonchev–Trinajstić information content (AvgIpc) is 2.37. The molecule has 0 amide bonds. The molecule has 0 radical (unpaired) electrons. The molecule has 0 atom stereocenters. The summed E-state index contributed by atoms with van der Waals surface area (Å²) in [5, 5.41) is 9.27. The summed E-state index contributed by atoms with van der Waals surface area (Å²) in [5.41, 5.74) is 0.884. The van der Waals surface area contributed by atoms with Gasteiger partial charge in [-0.05, 0) is 18.6 Å². The number of hydrogen-bond acceptors (Lipinski definition) is 3. The number of aromatic nitrogens is 1. The summed E-state index contributed by atoms with van der Waals surface area (Å²) in [5.74, 6) is -0.217. The maximum atomic E-state index is 11.3. The zero-order valence-electron chi connectivity index (χ0n) is 12.8. The van der Waals surface area contributed by atoms with Crippen LogP contribution in [0.25, 0.3) is 0 Å². The van der Waals surface area contributed by atoms with Gasteiger partial charge in [0.25, 0.3) is 0 Å². The Morgan fingerprint density at radius 1 is 1.45 bits per heavy atom. The van der Waals surface area contributed by atoms with E-state index < -0.39 is 5.97 Å². The molecule has 0 saturated heterocycles. The summed E-state index contributed by atoms with van der Waals surface area (Å²) in [6.07, 6.45) is 2.78. The van der Waals surface area contributed by atoms with Crippen LogP contribution < -0.4 is 4.90 Å². The average molecular weight is 276 g/mol. The zero-order valence-corrected chi connectivity index (χ0v) is 12.8. The van der Waals surface area contributed by atoms with Gasteiger partial charge in [0.05, 0.1) is 5.56 Å². The van der Waals surface area contributed by atoms with Gasteiger partial charge in [-0.25, -0.2) is 9.78 Å². The van der Waals surface area contributed by atoms with Gasteiger partial charge in [0.2, 0.25) is 0 Å². The maximum Gasteiger partial charge on any atom is 0.335 e. The Bertz CT molecular complexity index is 490. The Hall–Kier alpha value is -1.84. The first-order chi connectivity index (χ1) is 9.29. The molecular weight excluding hydrogens is 252 g/mol. The van der Waals surface area contributed by atoms with E-state index in [4.69, 9.17) is 0 Å². The number of carboxylic acid groups (broad SMARTS) is 1. The molecular formula is C16H24N2O2. The number of aromatic carboxylic acids is 1. The van der Waals surface area contributed by atoms with Gasteiger partial charge < -0.3 is 10.0 Å². The fourth-order valence-electron chi connectivity index (χ4n) is 1.91. The molecule has 1 N–H and O–H groups in total. The van der Waals surface area contributed by atoms with Gasteiger partial charge in [0, 0.05) is 24.2 Å².